The molecule has 2 aliphatic heterocycles. The van der Waals surface area contributed by atoms with Gasteiger partial charge in [0.15, 0.2) is 11.5 Å². The van der Waals surface area contributed by atoms with Crippen LogP contribution in [0.3, 0.4) is 0 Å². The molecule has 2 aliphatic rings. The quantitative estimate of drug-likeness (QED) is 0.321. The van der Waals surface area contributed by atoms with Crippen LogP contribution in [0, 0.1) is 0 Å². The van der Waals surface area contributed by atoms with Gasteiger partial charge in [-0.15, -0.1) is 0 Å². The average Bonchev–Trinajstić information content (AvgIpc) is 3.47. The largest absolute Gasteiger partial charge is 0.490 e. The van der Waals surface area contributed by atoms with Gasteiger partial charge in [0.1, 0.15) is 5.69 Å². The van der Waals surface area contributed by atoms with Crippen LogP contribution in [0.4, 0.5) is 13.2 Å². The third-order valence-electron chi connectivity index (χ3n) is 6.92. The summed E-state index contributed by atoms with van der Waals surface area (Å²) in [4.78, 5) is 38.9. The van der Waals surface area contributed by atoms with Crippen molar-refractivity contribution in [2.45, 2.75) is 12.7 Å². The van der Waals surface area contributed by atoms with Crippen molar-refractivity contribution >= 4 is 38.6 Å². The van der Waals surface area contributed by atoms with E-state index in [-0.39, 0.29) is 24.8 Å². The van der Waals surface area contributed by atoms with E-state index in [1.54, 1.807) is 4.57 Å². The van der Waals surface area contributed by atoms with E-state index in [1.165, 1.54) is 0 Å². The smallest absolute Gasteiger partial charge is 0.475 e. The van der Waals surface area contributed by atoms with Crippen molar-refractivity contribution in [3.05, 3.63) is 92.8 Å². The lowest BCUT2D eigenvalue weighted by molar-refractivity contribution is -0.192. The van der Waals surface area contributed by atoms with E-state index in [0.29, 0.717) is 35.7 Å². The maximum atomic E-state index is 14.2. The van der Waals surface area contributed by atoms with Crippen LogP contribution in [0.5, 0.6) is 11.5 Å². The van der Waals surface area contributed by atoms with Gasteiger partial charge >= 0.3 is 12.1 Å². The molecule has 13 heteroatoms. The number of benzene rings is 3. The first-order chi connectivity index (χ1) is 20.5. The van der Waals surface area contributed by atoms with Crippen molar-refractivity contribution in [1.82, 2.24) is 14.8 Å². The fraction of sp³-hybridized carbons (Fsp3) is 0.233. The summed E-state index contributed by atoms with van der Waals surface area (Å²) in [5.41, 5.74) is 2.70. The molecule has 0 saturated carbocycles. The molecular formula is C30H25BrF3N3O6. The van der Waals surface area contributed by atoms with Gasteiger partial charge in [0.25, 0.3) is 11.5 Å². The Bertz CT molecular complexity index is 1740. The second-order valence-corrected chi connectivity index (χ2v) is 10.6. The molecule has 6 rings (SSSR count). The first kappa shape index (κ1) is 30.1. The van der Waals surface area contributed by atoms with Crippen LogP contribution in [-0.4, -0.2) is 65.6 Å². The van der Waals surface area contributed by atoms with Crippen LogP contribution < -0.4 is 20.3 Å². The Morgan fingerprint density at radius 2 is 1.60 bits per heavy atom. The zero-order valence-corrected chi connectivity index (χ0v) is 24.1. The fourth-order valence-electron chi connectivity index (χ4n) is 4.93. The van der Waals surface area contributed by atoms with E-state index in [2.05, 4.69) is 21.2 Å². The number of hydrogen-bond donors (Lipinski definition) is 2. The molecule has 224 valence electrons. The molecule has 0 bridgehead atoms. The lowest BCUT2D eigenvalue weighted by atomic mass is 9.95. The molecule has 3 aromatic carbocycles. The number of piperazine rings is 1. The van der Waals surface area contributed by atoms with Gasteiger partial charge in [-0.1, -0.05) is 52.3 Å². The van der Waals surface area contributed by atoms with Gasteiger partial charge < -0.3 is 24.8 Å². The maximum absolute atomic E-state index is 14.2. The van der Waals surface area contributed by atoms with Gasteiger partial charge in [0.2, 0.25) is 6.79 Å². The van der Waals surface area contributed by atoms with Crippen molar-refractivity contribution in [3.63, 3.8) is 0 Å². The zero-order chi connectivity index (χ0) is 30.7. The predicted octanol–water partition coefficient (Wildman–Crippen LogP) is 4.89. The van der Waals surface area contributed by atoms with Gasteiger partial charge in [0, 0.05) is 41.6 Å². The molecule has 1 aromatic heterocycles. The summed E-state index contributed by atoms with van der Waals surface area (Å²) in [5.74, 6) is -1.58. The topological polar surface area (TPSA) is 110 Å². The summed E-state index contributed by atoms with van der Waals surface area (Å²) in [6, 6.07) is 21.1. The number of nitrogens with one attached hydrogen (secondary N) is 1. The van der Waals surface area contributed by atoms with Crippen molar-refractivity contribution < 1.29 is 37.3 Å². The molecule has 43 heavy (non-hydrogen) atoms. The Labute approximate surface area is 251 Å². The van der Waals surface area contributed by atoms with E-state index in [9.17, 15) is 22.8 Å². The van der Waals surface area contributed by atoms with E-state index < -0.39 is 12.1 Å². The number of aromatic nitrogens is 1. The number of ether oxygens (including phenoxy) is 2. The SMILES string of the molecule is O=C(O)C(F)(F)F.O=C(c1c(-c2ccccc2)c2cc(Br)ccc2c(=O)n1Cc1ccc2c(c1)OCO2)N1CCNCC1. The Hall–Kier alpha value is -4.36. The number of pyridine rings is 1. The van der Waals surface area contributed by atoms with Gasteiger partial charge in [0.05, 0.1) is 6.54 Å². The highest BCUT2D eigenvalue weighted by atomic mass is 79.9. The monoisotopic (exact) mass is 659 g/mol. The number of aliphatic carboxylic acids is 1. The second kappa shape index (κ2) is 12.5. The van der Waals surface area contributed by atoms with Gasteiger partial charge in [-0.2, -0.15) is 13.2 Å². The number of fused-ring (bicyclic) bond motifs is 2. The molecule has 0 aliphatic carbocycles. The van der Waals surface area contributed by atoms with Crippen molar-refractivity contribution in [2.75, 3.05) is 33.0 Å². The summed E-state index contributed by atoms with van der Waals surface area (Å²) in [6.07, 6.45) is -5.08. The maximum Gasteiger partial charge on any atom is 0.490 e. The summed E-state index contributed by atoms with van der Waals surface area (Å²) in [5, 5.41) is 11.7. The van der Waals surface area contributed by atoms with E-state index in [1.807, 2.05) is 71.6 Å². The second-order valence-electron chi connectivity index (χ2n) is 9.70. The first-order valence-electron chi connectivity index (χ1n) is 13.1. The molecule has 4 aromatic rings. The predicted molar refractivity (Wildman–Crippen MR) is 155 cm³/mol. The normalized spacial score (nSPS) is 14.3. The number of nitrogens with zero attached hydrogens (tertiary/aromatic N) is 2. The fourth-order valence-corrected chi connectivity index (χ4v) is 5.29. The average molecular weight is 660 g/mol. The Kier molecular flexibility index (Phi) is 8.74. The number of rotatable bonds is 4. The summed E-state index contributed by atoms with van der Waals surface area (Å²) in [6.45, 7) is 3.02. The number of hydrogen-bond acceptors (Lipinski definition) is 6. The van der Waals surface area contributed by atoms with Crippen LogP contribution in [0.15, 0.2) is 76.0 Å². The first-order valence-corrected chi connectivity index (χ1v) is 13.9. The molecule has 0 unspecified atom stereocenters. The number of carboxylic acids is 1. The highest BCUT2D eigenvalue weighted by Crippen LogP contribution is 2.35. The third kappa shape index (κ3) is 6.52. The van der Waals surface area contributed by atoms with E-state index >= 15 is 0 Å². The minimum absolute atomic E-state index is 0.143. The highest BCUT2D eigenvalue weighted by molar-refractivity contribution is 9.10. The summed E-state index contributed by atoms with van der Waals surface area (Å²) < 4.78 is 45.2. The van der Waals surface area contributed by atoms with Crippen molar-refractivity contribution in [1.29, 1.82) is 0 Å². The molecule has 2 N–H and O–H groups in total. The van der Waals surface area contributed by atoms with Crippen molar-refractivity contribution in [2.24, 2.45) is 0 Å². The third-order valence-corrected chi connectivity index (χ3v) is 7.42. The van der Waals surface area contributed by atoms with Crippen molar-refractivity contribution in [3.8, 4) is 22.6 Å². The Morgan fingerprint density at radius 1 is 0.930 bits per heavy atom. The van der Waals surface area contributed by atoms with Gasteiger partial charge in [-0.05, 0) is 46.8 Å². The summed E-state index contributed by atoms with van der Waals surface area (Å²) in [7, 11) is 0. The van der Waals surface area contributed by atoms with Crippen LogP contribution >= 0.6 is 15.9 Å². The number of halogens is 4. The lowest BCUT2D eigenvalue weighted by Gasteiger charge is -2.30. The van der Waals surface area contributed by atoms with E-state index in [0.717, 1.165) is 39.6 Å². The zero-order valence-electron chi connectivity index (χ0n) is 22.5. The number of carboxylic acid groups (broad SMARTS) is 1. The molecule has 0 atom stereocenters. The molecule has 1 amide bonds. The summed E-state index contributed by atoms with van der Waals surface area (Å²) >= 11 is 3.56. The number of carbonyl (C=O) groups excluding carboxylic acids is 1. The number of amides is 1. The van der Waals surface area contributed by atoms with Crippen LogP contribution in [0.25, 0.3) is 21.9 Å². The van der Waals surface area contributed by atoms with E-state index in [4.69, 9.17) is 19.4 Å². The van der Waals surface area contributed by atoms with Gasteiger partial charge in [-0.3, -0.25) is 14.2 Å². The van der Waals surface area contributed by atoms with Crippen LogP contribution in [-0.2, 0) is 11.3 Å². The molecule has 1 saturated heterocycles. The van der Waals surface area contributed by atoms with Gasteiger partial charge in [-0.25, -0.2) is 4.79 Å². The highest BCUT2D eigenvalue weighted by Gasteiger charge is 2.38. The minimum Gasteiger partial charge on any atom is -0.475 e. The molecule has 1 fully saturated rings. The Morgan fingerprint density at radius 3 is 2.28 bits per heavy atom. The number of carbonyl (C=O) groups is 2. The van der Waals surface area contributed by atoms with Crippen LogP contribution in [0.1, 0.15) is 16.1 Å². The molecular weight excluding hydrogens is 635 g/mol. The minimum atomic E-state index is -5.08. The molecule has 3 heterocycles. The standard InChI is InChI=1S/C28H24BrN3O4.C2HF3O2/c29-20-7-8-21-22(15-20)25(19-4-2-1-3-5-19)26(28(34)31-12-10-30-11-13-31)32(27(21)33)16-18-6-9-23-24(14-18)36-17-35-23;3-2(4,5)1(6)7/h1-9,14-15,30H,10-13,16-17H2;(H,6,7). The molecule has 0 radical (unpaired) electrons. The molecule has 9 nitrogen and oxygen atoms in total. The lowest BCUT2D eigenvalue weighted by Crippen LogP contribution is -2.47. The Balaban J connectivity index is 0.000000472. The number of alkyl halides is 3. The molecule has 0 spiro atoms. The van der Waals surface area contributed by atoms with Crippen LogP contribution in [0.2, 0.25) is 0 Å².